The van der Waals surface area contributed by atoms with Gasteiger partial charge in [0.05, 0.1) is 0 Å². The van der Waals surface area contributed by atoms with Gasteiger partial charge in [-0.15, -0.1) is 0 Å². The average molecular weight is 348 g/mol. The Morgan fingerprint density at radius 1 is 1.08 bits per heavy atom. The maximum Gasteiger partial charge on any atom is 0.319 e. The van der Waals surface area contributed by atoms with Crippen LogP contribution in [0.25, 0.3) is 0 Å². The van der Waals surface area contributed by atoms with E-state index in [1.807, 2.05) is 31.2 Å². The number of carbonyl (C=O) groups is 1. The van der Waals surface area contributed by atoms with E-state index in [9.17, 15) is 4.79 Å². The van der Waals surface area contributed by atoms with Crippen molar-refractivity contribution in [3.63, 3.8) is 0 Å². The monoisotopic (exact) mass is 348 g/mol. The fourth-order valence-electron chi connectivity index (χ4n) is 2.28. The SMILES string of the molecule is Cc1ccc(Oc2ccc(NC(=O)NCCc3cccnc3)cc2)nc1. The summed E-state index contributed by atoms with van der Waals surface area (Å²) in [7, 11) is 0. The summed E-state index contributed by atoms with van der Waals surface area (Å²) in [6.07, 6.45) is 6.01. The van der Waals surface area contributed by atoms with Crippen molar-refractivity contribution in [1.82, 2.24) is 15.3 Å². The molecule has 0 aliphatic heterocycles. The molecule has 26 heavy (non-hydrogen) atoms. The van der Waals surface area contributed by atoms with Crippen molar-refractivity contribution in [3.05, 3.63) is 78.2 Å². The fraction of sp³-hybridized carbons (Fsp3) is 0.150. The summed E-state index contributed by atoms with van der Waals surface area (Å²) in [4.78, 5) is 20.2. The summed E-state index contributed by atoms with van der Waals surface area (Å²) in [5, 5.41) is 5.61. The van der Waals surface area contributed by atoms with Crippen LogP contribution in [0.5, 0.6) is 11.6 Å². The van der Waals surface area contributed by atoms with Gasteiger partial charge in [-0.3, -0.25) is 4.98 Å². The normalized spacial score (nSPS) is 10.2. The van der Waals surface area contributed by atoms with Gasteiger partial charge in [0, 0.05) is 36.9 Å². The van der Waals surface area contributed by atoms with Crippen LogP contribution < -0.4 is 15.4 Å². The van der Waals surface area contributed by atoms with Crippen molar-refractivity contribution in [2.45, 2.75) is 13.3 Å². The van der Waals surface area contributed by atoms with Gasteiger partial charge >= 0.3 is 6.03 Å². The van der Waals surface area contributed by atoms with Crippen LogP contribution in [0.1, 0.15) is 11.1 Å². The molecule has 0 radical (unpaired) electrons. The summed E-state index contributed by atoms with van der Waals surface area (Å²) in [5.41, 5.74) is 2.85. The van der Waals surface area contributed by atoms with Gasteiger partial charge in [0.2, 0.25) is 5.88 Å². The first-order chi connectivity index (χ1) is 12.7. The van der Waals surface area contributed by atoms with E-state index in [4.69, 9.17) is 4.74 Å². The van der Waals surface area contributed by atoms with Crippen molar-refractivity contribution >= 4 is 11.7 Å². The van der Waals surface area contributed by atoms with Gasteiger partial charge in [-0.05, 0) is 54.8 Å². The standard InChI is InChI=1S/C20H20N4O2/c1-15-4-9-19(23-13-15)26-18-7-5-17(6-8-18)24-20(25)22-12-10-16-3-2-11-21-14-16/h2-9,11,13-14H,10,12H2,1H3,(H2,22,24,25). The van der Waals surface area contributed by atoms with E-state index in [1.165, 1.54) is 0 Å². The molecule has 0 aliphatic rings. The zero-order valence-corrected chi connectivity index (χ0v) is 14.5. The van der Waals surface area contributed by atoms with Crippen LogP contribution in [0, 0.1) is 6.92 Å². The molecule has 2 amide bonds. The molecular weight excluding hydrogens is 328 g/mol. The molecule has 132 valence electrons. The van der Waals surface area contributed by atoms with Gasteiger partial charge in [-0.25, -0.2) is 9.78 Å². The third kappa shape index (κ3) is 5.31. The molecule has 0 aliphatic carbocycles. The average Bonchev–Trinajstić information content (AvgIpc) is 2.66. The van der Waals surface area contributed by atoms with E-state index in [-0.39, 0.29) is 6.03 Å². The van der Waals surface area contributed by atoms with Crippen molar-refractivity contribution in [2.24, 2.45) is 0 Å². The summed E-state index contributed by atoms with van der Waals surface area (Å²) < 4.78 is 5.66. The third-order valence-corrected chi connectivity index (χ3v) is 3.64. The second-order valence-corrected chi connectivity index (χ2v) is 5.79. The van der Waals surface area contributed by atoms with Crippen molar-refractivity contribution in [2.75, 3.05) is 11.9 Å². The Bertz CT molecular complexity index is 834. The summed E-state index contributed by atoms with van der Waals surface area (Å²) in [6.45, 7) is 2.51. The lowest BCUT2D eigenvalue weighted by molar-refractivity contribution is 0.252. The van der Waals surface area contributed by atoms with E-state index in [0.29, 0.717) is 23.9 Å². The molecule has 0 spiro atoms. The molecule has 0 fully saturated rings. The highest BCUT2D eigenvalue weighted by Crippen LogP contribution is 2.21. The predicted molar refractivity (Wildman–Crippen MR) is 100 cm³/mol. The first kappa shape index (κ1) is 17.4. The van der Waals surface area contributed by atoms with Gasteiger partial charge in [-0.2, -0.15) is 0 Å². The number of aromatic nitrogens is 2. The molecule has 2 aromatic heterocycles. The molecule has 0 atom stereocenters. The highest BCUT2D eigenvalue weighted by Gasteiger charge is 2.03. The predicted octanol–water partition coefficient (Wildman–Crippen LogP) is 3.94. The maximum absolute atomic E-state index is 11.9. The number of hydrogen-bond acceptors (Lipinski definition) is 4. The number of urea groups is 1. The zero-order chi connectivity index (χ0) is 18.2. The number of pyridine rings is 2. The van der Waals surface area contributed by atoms with Crippen LogP contribution in [0.4, 0.5) is 10.5 Å². The number of carbonyl (C=O) groups excluding carboxylic acids is 1. The molecule has 2 heterocycles. The van der Waals surface area contributed by atoms with Gasteiger partial charge in [0.15, 0.2) is 0 Å². The number of benzene rings is 1. The highest BCUT2D eigenvalue weighted by atomic mass is 16.5. The number of ether oxygens (including phenoxy) is 1. The van der Waals surface area contributed by atoms with Crippen molar-refractivity contribution in [1.29, 1.82) is 0 Å². The van der Waals surface area contributed by atoms with Gasteiger partial charge in [-0.1, -0.05) is 12.1 Å². The Morgan fingerprint density at radius 2 is 1.92 bits per heavy atom. The molecule has 2 N–H and O–H groups in total. The minimum absolute atomic E-state index is 0.247. The molecule has 6 nitrogen and oxygen atoms in total. The number of nitrogens with zero attached hydrogens (tertiary/aromatic N) is 2. The van der Waals surface area contributed by atoms with E-state index < -0.39 is 0 Å². The lowest BCUT2D eigenvalue weighted by atomic mass is 10.2. The maximum atomic E-state index is 11.9. The number of anilines is 1. The second kappa shape index (κ2) is 8.62. The van der Waals surface area contributed by atoms with E-state index in [2.05, 4.69) is 20.6 Å². The van der Waals surface area contributed by atoms with Gasteiger partial charge in [0.1, 0.15) is 5.75 Å². The number of rotatable bonds is 6. The molecule has 0 unspecified atom stereocenters. The number of nitrogens with one attached hydrogen (secondary N) is 2. The molecular formula is C20H20N4O2. The Labute approximate surface area is 152 Å². The van der Waals surface area contributed by atoms with Crippen LogP contribution in [0.3, 0.4) is 0 Å². The van der Waals surface area contributed by atoms with Crippen LogP contribution >= 0.6 is 0 Å². The first-order valence-corrected chi connectivity index (χ1v) is 8.33. The summed E-state index contributed by atoms with van der Waals surface area (Å²) >= 11 is 0. The zero-order valence-electron chi connectivity index (χ0n) is 14.5. The lowest BCUT2D eigenvalue weighted by Crippen LogP contribution is -2.30. The quantitative estimate of drug-likeness (QED) is 0.707. The summed E-state index contributed by atoms with van der Waals surface area (Å²) in [5.74, 6) is 1.19. The van der Waals surface area contributed by atoms with Crippen LogP contribution in [-0.4, -0.2) is 22.5 Å². The molecule has 0 saturated heterocycles. The molecule has 3 aromatic rings. The Morgan fingerprint density at radius 3 is 2.62 bits per heavy atom. The highest BCUT2D eigenvalue weighted by molar-refractivity contribution is 5.89. The molecule has 3 rings (SSSR count). The number of aryl methyl sites for hydroxylation is 1. The lowest BCUT2D eigenvalue weighted by Gasteiger charge is -2.09. The minimum atomic E-state index is -0.247. The van der Waals surface area contributed by atoms with E-state index >= 15 is 0 Å². The van der Waals surface area contributed by atoms with Gasteiger partial charge < -0.3 is 15.4 Å². The number of amides is 2. The third-order valence-electron chi connectivity index (χ3n) is 3.64. The largest absolute Gasteiger partial charge is 0.439 e. The molecule has 6 heteroatoms. The van der Waals surface area contributed by atoms with Crippen LogP contribution in [-0.2, 0) is 6.42 Å². The van der Waals surface area contributed by atoms with E-state index in [1.54, 1.807) is 42.9 Å². The summed E-state index contributed by atoms with van der Waals surface area (Å²) in [6, 6.07) is 14.5. The van der Waals surface area contributed by atoms with Crippen LogP contribution in [0.2, 0.25) is 0 Å². The van der Waals surface area contributed by atoms with Crippen molar-refractivity contribution < 1.29 is 9.53 Å². The number of hydrogen-bond donors (Lipinski definition) is 2. The Kier molecular flexibility index (Phi) is 5.77. The van der Waals surface area contributed by atoms with Gasteiger partial charge in [0.25, 0.3) is 0 Å². The minimum Gasteiger partial charge on any atom is -0.439 e. The molecule has 1 aromatic carbocycles. The Balaban J connectivity index is 1.46. The first-order valence-electron chi connectivity index (χ1n) is 8.33. The van der Waals surface area contributed by atoms with Crippen molar-refractivity contribution in [3.8, 4) is 11.6 Å². The molecule has 0 bridgehead atoms. The van der Waals surface area contributed by atoms with Crippen LogP contribution in [0.15, 0.2) is 67.1 Å². The topological polar surface area (TPSA) is 76.1 Å². The van der Waals surface area contributed by atoms with E-state index in [0.717, 1.165) is 17.5 Å². The second-order valence-electron chi connectivity index (χ2n) is 5.79. The Hall–Kier alpha value is -3.41. The fourth-order valence-corrected chi connectivity index (χ4v) is 2.28. The molecule has 0 saturated carbocycles. The smallest absolute Gasteiger partial charge is 0.319 e.